The Bertz CT molecular complexity index is 908. The van der Waals surface area contributed by atoms with Gasteiger partial charge in [-0.15, -0.1) is 0 Å². The molecule has 0 fully saturated rings. The van der Waals surface area contributed by atoms with E-state index in [1.165, 1.54) is 0 Å². The van der Waals surface area contributed by atoms with Crippen molar-refractivity contribution in [2.45, 2.75) is 44.8 Å². The molecular weight excluding hydrogens is 370 g/mol. The van der Waals surface area contributed by atoms with Gasteiger partial charge in [0.15, 0.2) is 11.5 Å². The number of ether oxygens (including phenoxy) is 4. The molecule has 1 atom stereocenters. The third-order valence-electron chi connectivity index (χ3n) is 5.26. The van der Waals surface area contributed by atoms with Crippen LogP contribution in [0.25, 0.3) is 0 Å². The second kappa shape index (κ2) is 7.85. The second-order valence-corrected chi connectivity index (χ2v) is 8.07. The number of methoxy groups -OCH3 is 1. The van der Waals surface area contributed by atoms with Gasteiger partial charge >= 0.3 is 0 Å². The number of hydrogen-bond donors (Lipinski definition) is 1. The molecule has 6 nitrogen and oxygen atoms in total. The number of amides is 1. The summed E-state index contributed by atoms with van der Waals surface area (Å²) in [6.45, 7) is 5.20. The third kappa shape index (κ3) is 4.42. The van der Waals surface area contributed by atoms with Crippen molar-refractivity contribution in [2.24, 2.45) is 0 Å². The first-order valence-electron chi connectivity index (χ1n) is 9.98. The van der Waals surface area contributed by atoms with Crippen molar-refractivity contribution in [3.63, 3.8) is 0 Å². The minimum absolute atomic E-state index is 0.0105. The molecule has 2 aromatic carbocycles. The van der Waals surface area contributed by atoms with Gasteiger partial charge in [-0.1, -0.05) is 6.07 Å². The highest BCUT2D eigenvalue weighted by atomic mass is 16.6. The first-order chi connectivity index (χ1) is 13.9. The van der Waals surface area contributed by atoms with Gasteiger partial charge in [-0.3, -0.25) is 4.79 Å². The maximum Gasteiger partial charge on any atom is 0.220 e. The quantitative estimate of drug-likeness (QED) is 0.831. The average molecular weight is 397 g/mol. The number of fused-ring (bicyclic) bond motifs is 2. The first-order valence-corrected chi connectivity index (χ1v) is 9.98. The fourth-order valence-electron chi connectivity index (χ4n) is 3.86. The molecule has 154 valence electrons. The van der Waals surface area contributed by atoms with Crippen LogP contribution in [0, 0.1) is 0 Å². The van der Waals surface area contributed by atoms with Gasteiger partial charge in [0.25, 0.3) is 0 Å². The lowest BCUT2D eigenvalue weighted by molar-refractivity contribution is -0.122. The molecule has 1 amide bonds. The van der Waals surface area contributed by atoms with Crippen LogP contribution in [-0.4, -0.2) is 31.8 Å². The normalized spacial score (nSPS) is 18.9. The van der Waals surface area contributed by atoms with E-state index in [1.807, 2.05) is 50.2 Å². The SMILES string of the molecule is COc1ccc2c(c1)[C@H](NC(=O)CCc1ccc3c(c1)OCCO3)CC(C)(C)O2. The van der Waals surface area contributed by atoms with Crippen LogP contribution in [-0.2, 0) is 11.2 Å². The van der Waals surface area contributed by atoms with Crippen molar-refractivity contribution in [3.8, 4) is 23.0 Å². The Kier molecular flexibility index (Phi) is 5.26. The molecule has 2 aliphatic rings. The highest BCUT2D eigenvalue weighted by Gasteiger charge is 2.34. The van der Waals surface area contributed by atoms with Crippen molar-refractivity contribution < 1.29 is 23.7 Å². The van der Waals surface area contributed by atoms with Crippen molar-refractivity contribution in [3.05, 3.63) is 47.5 Å². The standard InChI is InChI=1S/C23H27NO5/c1-23(2)14-18(17-13-16(26-3)6-8-19(17)29-23)24-22(25)9-5-15-4-7-20-21(12-15)28-11-10-27-20/h4,6-8,12-13,18H,5,9-11,14H2,1-3H3,(H,24,25)/t18-/m1/s1. The van der Waals surface area contributed by atoms with E-state index in [1.54, 1.807) is 7.11 Å². The van der Waals surface area contributed by atoms with Gasteiger partial charge in [0.2, 0.25) is 5.91 Å². The van der Waals surface area contributed by atoms with Crippen LogP contribution in [0.3, 0.4) is 0 Å². The Morgan fingerprint density at radius 3 is 2.66 bits per heavy atom. The summed E-state index contributed by atoms with van der Waals surface area (Å²) < 4.78 is 22.6. The van der Waals surface area contributed by atoms with E-state index in [2.05, 4.69) is 5.32 Å². The fourth-order valence-corrected chi connectivity index (χ4v) is 3.86. The number of nitrogens with one attached hydrogen (secondary N) is 1. The minimum atomic E-state index is -0.352. The van der Waals surface area contributed by atoms with Gasteiger partial charge in [-0.05, 0) is 56.2 Å². The fraction of sp³-hybridized carbons (Fsp3) is 0.435. The molecule has 0 spiro atoms. The Labute approximate surface area is 171 Å². The number of benzene rings is 2. The van der Waals surface area contributed by atoms with E-state index < -0.39 is 0 Å². The van der Waals surface area contributed by atoms with Gasteiger partial charge in [-0.2, -0.15) is 0 Å². The lowest BCUT2D eigenvalue weighted by atomic mass is 9.89. The van der Waals surface area contributed by atoms with Crippen LogP contribution in [0.1, 0.15) is 43.9 Å². The summed E-state index contributed by atoms with van der Waals surface area (Å²) >= 11 is 0. The first kappa shape index (κ1) is 19.4. The molecule has 0 radical (unpaired) electrons. The van der Waals surface area contributed by atoms with Gasteiger partial charge in [0.1, 0.15) is 30.3 Å². The van der Waals surface area contributed by atoms with Crippen molar-refractivity contribution >= 4 is 5.91 Å². The third-order valence-corrected chi connectivity index (χ3v) is 5.26. The molecular formula is C23H27NO5. The molecule has 2 aliphatic heterocycles. The van der Waals surface area contributed by atoms with Gasteiger partial charge in [0.05, 0.1) is 13.2 Å². The van der Waals surface area contributed by atoms with E-state index in [4.69, 9.17) is 18.9 Å². The van der Waals surface area contributed by atoms with Crippen LogP contribution in [0.4, 0.5) is 0 Å². The molecule has 0 saturated carbocycles. The Balaban J connectivity index is 1.43. The van der Waals surface area contributed by atoms with Gasteiger partial charge in [-0.25, -0.2) is 0 Å². The number of aryl methyl sites for hydroxylation is 1. The monoisotopic (exact) mass is 397 g/mol. The van der Waals surface area contributed by atoms with E-state index in [0.717, 1.165) is 34.1 Å². The number of hydrogen-bond acceptors (Lipinski definition) is 5. The maximum atomic E-state index is 12.7. The predicted molar refractivity (Wildman–Crippen MR) is 109 cm³/mol. The van der Waals surface area contributed by atoms with Gasteiger partial charge in [0, 0.05) is 18.4 Å². The summed E-state index contributed by atoms with van der Waals surface area (Å²) in [5.41, 5.74) is 1.66. The summed E-state index contributed by atoms with van der Waals surface area (Å²) in [5, 5.41) is 3.18. The van der Waals surface area contributed by atoms with E-state index in [-0.39, 0.29) is 17.6 Å². The predicted octanol–water partition coefficient (Wildman–Crippen LogP) is 3.82. The molecule has 0 saturated heterocycles. The highest BCUT2D eigenvalue weighted by molar-refractivity contribution is 5.77. The molecule has 2 heterocycles. The summed E-state index contributed by atoms with van der Waals surface area (Å²) in [5.74, 6) is 3.07. The van der Waals surface area contributed by atoms with Crippen molar-refractivity contribution in [1.29, 1.82) is 0 Å². The Morgan fingerprint density at radius 1 is 1.10 bits per heavy atom. The second-order valence-electron chi connectivity index (χ2n) is 8.07. The van der Waals surface area contributed by atoms with Crippen LogP contribution in [0.2, 0.25) is 0 Å². The molecule has 4 rings (SSSR count). The van der Waals surface area contributed by atoms with E-state index in [9.17, 15) is 4.79 Å². The molecule has 1 N–H and O–H groups in total. The van der Waals surface area contributed by atoms with Gasteiger partial charge < -0.3 is 24.3 Å². The molecule has 2 aromatic rings. The zero-order valence-electron chi connectivity index (χ0n) is 17.1. The Hall–Kier alpha value is -2.89. The van der Waals surface area contributed by atoms with Crippen molar-refractivity contribution in [1.82, 2.24) is 5.32 Å². The molecule has 0 aliphatic carbocycles. The summed E-state index contributed by atoms with van der Waals surface area (Å²) in [6.07, 6.45) is 1.74. The molecule has 29 heavy (non-hydrogen) atoms. The Morgan fingerprint density at radius 2 is 1.86 bits per heavy atom. The van der Waals surface area contributed by atoms with E-state index in [0.29, 0.717) is 32.5 Å². The lowest BCUT2D eigenvalue weighted by Gasteiger charge is -2.38. The zero-order chi connectivity index (χ0) is 20.4. The number of carbonyl (C=O) groups excluding carboxylic acids is 1. The summed E-state index contributed by atoms with van der Waals surface area (Å²) in [7, 11) is 1.64. The van der Waals surface area contributed by atoms with Crippen LogP contribution in [0.5, 0.6) is 23.0 Å². The van der Waals surface area contributed by atoms with Crippen molar-refractivity contribution in [2.75, 3.05) is 20.3 Å². The van der Waals surface area contributed by atoms with Crippen LogP contribution < -0.4 is 24.3 Å². The lowest BCUT2D eigenvalue weighted by Crippen LogP contribution is -2.41. The smallest absolute Gasteiger partial charge is 0.220 e. The molecule has 0 bridgehead atoms. The van der Waals surface area contributed by atoms with Crippen LogP contribution >= 0.6 is 0 Å². The summed E-state index contributed by atoms with van der Waals surface area (Å²) in [4.78, 5) is 12.7. The van der Waals surface area contributed by atoms with Crippen LogP contribution in [0.15, 0.2) is 36.4 Å². The molecule has 0 unspecified atom stereocenters. The zero-order valence-corrected chi connectivity index (χ0v) is 17.1. The molecule has 6 heteroatoms. The van der Waals surface area contributed by atoms with E-state index >= 15 is 0 Å². The highest BCUT2D eigenvalue weighted by Crippen LogP contribution is 2.41. The largest absolute Gasteiger partial charge is 0.497 e. The number of carbonyl (C=O) groups is 1. The molecule has 0 aromatic heterocycles. The summed E-state index contributed by atoms with van der Waals surface area (Å²) in [6, 6.07) is 11.5. The number of rotatable bonds is 5. The minimum Gasteiger partial charge on any atom is -0.497 e. The average Bonchev–Trinajstić information content (AvgIpc) is 2.71. The maximum absolute atomic E-state index is 12.7. The topological polar surface area (TPSA) is 66.0 Å².